The summed E-state index contributed by atoms with van der Waals surface area (Å²) >= 11 is 0. The van der Waals surface area contributed by atoms with Crippen molar-refractivity contribution in [3.63, 3.8) is 0 Å². The molecule has 4 nitrogen and oxygen atoms in total. The Morgan fingerprint density at radius 2 is 1.95 bits per heavy atom. The van der Waals surface area contributed by atoms with Crippen LogP contribution in [0.5, 0.6) is 0 Å². The number of benzene rings is 1. The molecule has 0 heterocycles. The van der Waals surface area contributed by atoms with Crippen molar-refractivity contribution in [2.45, 2.75) is 38.6 Å². The Balaban J connectivity index is 2.07. The van der Waals surface area contributed by atoms with Crippen LogP contribution in [0.15, 0.2) is 18.2 Å². The Morgan fingerprint density at radius 3 is 2.60 bits per heavy atom. The molecule has 1 aliphatic carbocycles. The minimum atomic E-state index is -3.41. The number of rotatable bonds is 5. The Kier molecular flexibility index (Phi) is 4.99. The lowest BCUT2D eigenvalue weighted by Gasteiger charge is -2.22. The molecule has 3 N–H and O–H groups in total. The first-order valence-corrected chi connectivity index (χ1v) is 8.64. The van der Waals surface area contributed by atoms with E-state index < -0.39 is 15.8 Å². The standard InChI is InChI=1S/C14H21FN2O2S/c15-13-6-7-14(12(8-13)9-16)17-20(18,19)10-11-4-2-1-3-5-11/h6-8,11,17H,1-5,9-10,16H2. The lowest BCUT2D eigenvalue weighted by atomic mass is 9.91. The van der Waals surface area contributed by atoms with E-state index in [9.17, 15) is 12.8 Å². The van der Waals surface area contributed by atoms with Crippen LogP contribution in [0.25, 0.3) is 0 Å². The summed E-state index contributed by atoms with van der Waals surface area (Å²) in [5.41, 5.74) is 6.37. The van der Waals surface area contributed by atoms with Gasteiger partial charge in [0.25, 0.3) is 0 Å². The largest absolute Gasteiger partial charge is 0.326 e. The molecule has 0 saturated heterocycles. The summed E-state index contributed by atoms with van der Waals surface area (Å²) in [4.78, 5) is 0. The van der Waals surface area contributed by atoms with Crippen LogP contribution in [0.4, 0.5) is 10.1 Å². The van der Waals surface area contributed by atoms with E-state index in [1.165, 1.54) is 24.6 Å². The van der Waals surface area contributed by atoms with Crippen LogP contribution >= 0.6 is 0 Å². The van der Waals surface area contributed by atoms with Crippen LogP contribution in [0.3, 0.4) is 0 Å². The number of hydrogen-bond acceptors (Lipinski definition) is 3. The minimum Gasteiger partial charge on any atom is -0.326 e. The van der Waals surface area contributed by atoms with E-state index in [4.69, 9.17) is 5.73 Å². The highest BCUT2D eigenvalue weighted by Gasteiger charge is 2.22. The Hall–Kier alpha value is -1.14. The fraction of sp³-hybridized carbons (Fsp3) is 0.571. The Morgan fingerprint density at radius 1 is 1.25 bits per heavy atom. The third-order valence-electron chi connectivity index (χ3n) is 3.73. The molecule has 0 atom stereocenters. The van der Waals surface area contributed by atoms with Crippen LogP contribution in [0, 0.1) is 11.7 Å². The zero-order valence-electron chi connectivity index (χ0n) is 11.4. The maximum atomic E-state index is 13.1. The van der Waals surface area contributed by atoms with Gasteiger partial charge in [0.05, 0.1) is 11.4 Å². The van der Waals surface area contributed by atoms with Gasteiger partial charge in [0.1, 0.15) is 5.82 Å². The predicted octanol–water partition coefficient (Wildman–Crippen LogP) is 2.61. The highest BCUT2D eigenvalue weighted by Crippen LogP contribution is 2.26. The van der Waals surface area contributed by atoms with Crippen LogP contribution < -0.4 is 10.5 Å². The molecular formula is C14H21FN2O2S. The van der Waals surface area contributed by atoms with Crippen LogP contribution in [-0.2, 0) is 16.6 Å². The van der Waals surface area contributed by atoms with E-state index in [0.717, 1.165) is 25.7 Å². The number of halogens is 1. The van der Waals surface area contributed by atoms with Gasteiger partial charge in [0.15, 0.2) is 0 Å². The number of nitrogens with one attached hydrogen (secondary N) is 1. The van der Waals surface area contributed by atoms with Crippen molar-refractivity contribution in [3.05, 3.63) is 29.6 Å². The molecule has 112 valence electrons. The molecule has 0 amide bonds. The van der Waals surface area contributed by atoms with E-state index in [0.29, 0.717) is 11.3 Å². The van der Waals surface area contributed by atoms with Gasteiger partial charge in [-0.25, -0.2) is 12.8 Å². The normalized spacial score (nSPS) is 17.1. The molecule has 1 aromatic rings. The number of hydrogen-bond donors (Lipinski definition) is 2. The molecule has 0 bridgehead atoms. The van der Waals surface area contributed by atoms with Gasteiger partial charge >= 0.3 is 0 Å². The average molecular weight is 300 g/mol. The second-order valence-electron chi connectivity index (χ2n) is 5.39. The molecule has 0 spiro atoms. The molecular weight excluding hydrogens is 279 g/mol. The summed E-state index contributed by atoms with van der Waals surface area (Å²) in [5.74, 6) is -0.0577. The quantitative estimate of drug-likeness (QED) is 0.878. The fourth-order valence-electron chi connectivity index (χ4n) is 2.70. The molecule has 0 unspecified atom stereocenters. The molecule has 0 aliphatic heterocycles. The Labute approximate surface area is 119 Å². The van der Waals surface area contributed by atoms with Gasteiger partial charge in [0.2, 0.25) is 10.0 Å². The van der Waals surface area contributed by atoms with E-state index in [1.54, 1.807) is 0 Å². The zero-order chi connectivity index (χ0) is 14.6. The van der Waals surface area contributed by atoms with Gasteiger partial charge in [-0.05, 0) is 42.5 Å². The SMILES string of the molecule is NCc1cc(F)ccc1NS(=O)(=O)CC1CCCCC1. The maximum Gasteiger partial charge on any atom is 0.233 e. The van der Waals surface area contributed by atoms with Crippen molar-refractivity contribution < 1.29 is 12.8 Å². The lowest BCUT2D eigenvalue weighted by Crippen LogP contribution is -2.25. The van der Waals surface area contributed by atoms with Crippen LogP contribution in [-0.4, -0.2) is 14.2 Å². The van der Waals surface area contributed by atoms with Crippen LogP contribution in [0.1, 0.15) is 37.7 Å². The molecule has 1 aliphatic rings. The van der Waals surface area contributed by atoms with E-state index in [2.05, 4.69) is 4.72 Å². The van der Waals surface area contributed by atoms with Crippen LogP contribution in [0.2, 0.25) is 0 Å². The topological polar surface area (TPSA) is 72.2 Å². The molecule has 1 saturated carbocycles. The summed E-state index contributed by atoms with van der Waals surface area (Å²) < 4.78 is 40.0. The average Bonchev–Trinajstić information content (AvgIpc) is 2.41. The van der Waals surface area contributed by atoms with E-state index >= 15 is 0 Å². The van der Waals surface area contributed by atoms with Crippen molar-refractivity contribution in [2.24, 2.45) is 11.7 Å². The van der Waals surface area contributed by atoms with Gasteiger partial charge in [-0.2, -0.15) is 0 Å². The van der Waals surface area contributed by atoms with Gasteiger partial charge < -0.3 is 5.73 Å². The second kappa shape index (κ2) is 6.54. The highest BCUT2D eigenvalue weighted by molar-refractivity contribution is 7.92. The fourth-order valence-corrected chi connectivity index (χ4v) is 4.28. The third-order valence-corrected chi connectivity index (χ3v) is 5.17. The zero-order valence-corrected chi connectivity index (χ0v) is 12.3. The van der Waals surface area contributed by atoms with Gasteiger partial charge in [-0.3, -0.25) is 4.72 Å². The summed E-state index contributed by atoms with van der Waals surface area (Å²) in [7, 11) is -3.41. The molecule has 1 aromatic carbocycles. The third kappa shape index (κ3) is 4.18. The minimum absolute atomic E-state index is 0.0963. The lowest BCUT2D eigenvalue weighted by molar-refractivity contribution is 0.385. The van der Waals surface area contributed by atoms with Crippen molar-refractivity contribution in [3.8, 4) is 0 Å². The molecule has 0 aromatic heterocycles. The molecule has 20 heavy (non-hydrogen) atoms. The summed E-state index contributed by atoms with van der Waals surface area (Å²) in [6.45, 7) is 0.0963. The van der Waals surface area contributed by atoms with Gasteiger partial charge in [-0.1, -0.05) is 19.3 Å². The van der Waals surface area contributed by atoms with Crippen molar-refractivity contribution in [1.82, 2.24) is 0 Å². The Bertz CT molecular complexity index is 554. The van der Waals surface area contributed by atoms with Crippen molar-refractivity contribution in [2.75, 3.05) is 10.5 Å². The predicted molar refractivity (Wildman–Crippen MR) is 78.3 cm³/mol. The first-order chi connectivity index (χ1) is 9.50. The molecule has 2 rings (SSSR count). The summed E-state index contributed by atoms with van der Waals surface area (Å²) in [6, 6.07) is 3.92. The van der Waals surface area contributed by atoms with Gasteiger partial charge in [0, 0.05) is 6.54 Å². The van der Waals surface area contributed by atoms with E-state index in [-0.39, 0.29) is 18.2 Å². The summed E-state index contributed by atoms with van der Waals surface area (Å²) in [6.07, 6.45) is 5.33. The first-order valence-electron chi connectivity index (χ1n) is 6.99. The molecule has 0 radical (unpaired) electrons. The highest BCUT2D eigenvalue weighted by atomic mass is 32.2. The van der Waals surface area contributed by atoms with E-state index in [1.807, 2.05) is 0 Å². The number of nitrogens with two attached hydrogens (primary N) is 1. The maximum absolute atomic E-state index is 13.1. The molecule has 6 heteroatoms. The van der Waals surface area contributed by atoms with Crippen molar-refractivity contribution >= 4 is 15.7 Å². The second-order valence-corrected chi connectivity index (χ2v) is 7.16. The van der Waals surface area contributed by atoms with Crippen molar-refractivity contribution in [1.29, 1.82) is 0 Å². The monoisotopic (exact) mass is 300 g/mol. The molecule has 1 fully saturated rings. The smallest absolute Gasteiger partial charge is 0.233 e. The van der Waals surface area contributed by atoms with Gasteiger partial charge in [-0.15, -0.1) is 0 Å². The summed E-state index contributed by atoms with van der Waals surface area (Å²) in [5, 5.41) is 0. The number of anilines is 1. The number of sulfonamides is 1. The first kappa shape index (κ1) is 15.3.